The number of likely N-dealkylation sites (tertiary alicyclic amines) is 1. The van der Waals surface area contributed by atoms with Crippen LogP contribution >= 0.6 is 22.6 Å². The van der Waals surface area contributed by atoms with Gasteiger partial charge < -0.3 is 10.2 Å². The standard InChI is InChI=1S/C22H27IN2O2/c23-17-3-5-18(6-4-17)24-20(26)19-2-1-7-25(19)21(27)22-11-14-8-15(12-22)10-16(9-14)13-22/h3-6,14-16,19H,1-2,7-13H2,(H,24,26)/t14?,15?,16?,19-,22?/m1/s1. The number of halogens is 1. The van der Waals surface area contributed by atoms with Gasteiger partial charge in [-0.05, 0) is 116 Å². The van der Waals surface area contributed by atoms with Gasteiger partial charge in [-0.3, -0.25) is 9.59 Å². The first-order valence-electron chi connectivity index (χ1n) is 10.4. The minimum Gasteiger partial charge on any atom is -0.330 e. The Balaban J connectivity index is 1.32. The number of hydrogen-bond acceptors (Lipinski definition) is 2. The molecular formula is C22H27IN2O2. The Morgan fingerprint density at radius 3 is 2.19 bits per heavy atom. The summed E-state index contributed by atoms with van der Waals surface area (Å²) in [6.07, 6.45) is 8.94. The highest BCUT2D eigenvalue weighted by atomic mass is 127. The van der Waals surface area contributed by atoms with E-state index in [0.29, 0.717) is 5.91 Å². The van der Waals surface area contributed by atoms with Gasteiger partial charge in [0.1, 0.15) is 6.04 Å². The second-order valence-corrected chi connectivity index (χ2v) is 10.6. The molecule has 4 saturated carbocycles. The Hall–Kier alpha value is -1.11. The van der Waals surface area contributed by atoms with Crippen LogP contribution in [0, 0.1) is 26.7 Å². The number of nitrogens with zero attached hydrogens (tertiary/aromatic N) is 1. The van der Waals surface area contributed by atoms with Crippen LogP contribution in [-0.2, 0) is 9.59 Å². The summed E-state index contributed by atoms with van der Waals surface area (Å²) in [5.74, 6) is 2.53. The molecule has 1 aromatic carbocycles. The van der Waals surface area contributed by atoms with Gasteiger partial charge in [0.2, 0.25) is 11.8 Å². The van der Waals surface area contributed by atoms with Crippen molar-refractivity contribution in [1.29, 1.82) is 0 Å². The van der Waals surface area contributed by atoms with E-state index in [1.54, 1.807) is 0 Å². The number of nitrogens with one attached hydrogen (secondary N) is 1. The van der Waals surface area contributed by atoms with Gasteiger partial charge in [0.15, 0.2) is 0 Å². The predicted octanol–water partition coefficient (Wildman–Crippen LogP) is 4.44. The van der Waals surface area contributed by atoms with Gasteiger partial charge in [0, 0.05) is 15.8 Å². The van der Waals surface area contributed by atoms with Crippen molar-refractivity contribution in [2.24, 2.45) is 23.2 Å². The monoisotopic (exact) mass is 478 g/mol. The minimum absolute atomic E-state index is 0.0215. The molecule has 1 N–H and O–H groups in total. The van der Waals surface area contributed by atoms with Gasteiger partial charge >= 0.3 is 0 Å². The van der Waals surface area contributed by atoms with Crippen LogP contribution in [0.25, 0.3) is 0 Å². The lowest BCUT2D eigenvalue weighted by atomic mass is 9.49. The molecule has 0 aromatic heterocycles. The van der Waals surface area contributed by atoms with E-state index in [1.807, 2.05) is 29.2 Å². The molecule has 4 bridgehead atoms. The average Bonchev–Trinajstić information content (AvgIpc) is 3.11. The highest BCUT2D eigenvalue weighted by Crippen LogP contribution is 2.60. The van der Waals surface area contributed by atoms with E-state index in [0.717, 1.165) is 65.7 Å². The highest BCUT2D eigenvalue weighted by molar-refractivity contribution is 14.1. The van der Waals surface area contributed by atoms with Crippen molar-refractivity contribution in [2.75, 3.05) is 11.9 Å². The smallest absolute Gasteiger partial charge is 0.247 e. The van der Waals surface area contributed by atoms with E-state index in [4.69, 9.17) is 0 Å². The Bertz CT molecular complexity index is 725. The predicted molar refractivity (Wildman–Crippen MR) is 113 cm³/mol. The summed E-state index contributed by atoms with van der Waals surface area (Å²) in [7, 11) is 0. The quantitative estimate of drug-likeness (QED) is 0.654. The fourth-order valence-corrected chi connectivity index (χ4v) is 7.08. The molecule has 0 spiro atoms. The Morgan fingerprint density at radius 2 is 1.59 bits per heavy atom. The van der Waals surface area contributed by atoms with Crippen LogP contribution in [-0.4, -0.2) is 29.3 Å². The number of carbonyl (C=O) groups excluding carboxylic acids is 2. The number of amides is 2. The zero-order valence-corrected chi connectivity index (χ0v) is 17.8. The fourth-order valence-electron chi connectivity index (χ4n) is 6.72. The summed E-state index contributed by atoms with van der Waals surface area (Å²) in [6, 6.07) is 7.54. The molecule has 5 aliphatic rings. The highest BCUT2D eigenvalue weighted by Gasteiger charge is 2.56. The normalized spacial score (nSPS) is 36.9. The number of benzene rings is 1. The van der Waals surface area contributed by atoms with Crippen LogP contribution < -0.4 is 5.32 Å². The van der Waals surface area contributed by atoms with E-state index >= 15 is 0 Å². The van der Waals surface area contributed by atoms with Gasteiger partial charge in [-0.2, -0.15) is 0 Å². The van der Waals surface area contributed by atoms with Gasteiger partial charge in [0.25, 0.3) is 0 Å². The lowest BCUT2D eigenvalue weighted by molar-refractivity contribution is -0.160. The van der Waals surface area contributed by atoms with Gasteiger partial charge in [-0.15, -0.1) is 0 Å². The summed E-state index contributed by atoms with van der Waals surface area (Å²) < 4.78 is 1.14. The first-order valence-corrected chi connectivity index (χ1v) is 11.5. The van der Waals surface area contributed by atoms with Gasteiger partial charge in [-0.1, -0.05) is 0 Å². The van der Waals surface area contributed by atoms with Crippen molar-refractivity contribution in [3.8, 4) is 0 Å². The topological polar surface area (TPSA) is 49.4 Å². The van der Waals surface area contributed by atoms with Gasteiger partial charge in [-0.25, -0.2) is 0 Å². The maximum Gasteiger partial charge on any atom is 0.247 e. The lowest BCUT2D eigenvalue weighted by Gasteiger charge is -2.56. The SMILES string of the molecule is O=C(Nc1ccc(I)cc1)[C@H]1CCCN1C(=O)C12CC3CC(CC(C3)C1)C2. The maximum absolute atomic E-state index is 13.7. The minimum atomic E-state index is -0.301. The van der Waals surface area contributed by atoms with E-state index in [2.05, 4.69) is 27.9 Å². The largest absolute Gasteiger partial charge is 0.330 e. The molecule has 4 aliphatic carbocycles. The molecule has 0 unspecified atom stereocenters. The molecule has 144 valence electrons. The van der Waals surface area contributed by atoms with Crippen molar-refractivity contribution < 1.29 is 9.59 Å². The molecule has 0 radical (unpaired) electrons. The summed E-state index contributed by atoms with van der Waals surface area (Å²) >= 11 is 2.26. The van der Waals surface area contributed by atoms with Crippen molar-refractivity contribution in [3.05, 3.63) is 27.8 Å². The zero-order chi connectivity index (χ0) is 18.6. The fraction of sp³-hybridized carbons (Fsp3) is 0.636. The second-order valence-electron chi connectivity index (χ2n) is 9.35. The number of rotatable bonds is 3. The van der Waals surface area contributed by atoms with Crippen molar-refractivity contribution in [1.82, 2.24) is 4.90 Å². The van der Waals surface area contributed by atoms with Crippen LogP contribution in [0.15, 0.2) is 24.3 Å². The van der Waals surface area contributed by atoms with Crippen LogP contribution in [0.3, 0.4) is 0 Å². The first-order chi connectivity index (χ1) is 13.0. The number of hydrogen-bond donors (Lipinski definition) is 1. The Labute approximate surface area is 174 Å². The second kappa shape index (κ2) is 6.75. The molecule has 1 atom stereocenters. The van der Waals surface area contributed by atoms with Crippen LogP contribution in [0.5, 0.6) is 0 Å². The van der Waals surface area contributed by atoms with E-state index in [9.17, 15) is 9.59 Å². The number of carbonyl (C=O) groups is 2. The molecule has 6 rings (SSSR count). The Morgan fingerprint density at radius 1 is 1.00 bits per heavy atom. The zero-order valence-electron chi connectivity index (χ0n) is 15.6. The third kappa shape index (κ3) is 3.19. The molecule has 2 amide bonds. The lowest BCUT2D eigenvalue weighted by Crippen LogP contribution is -2.56. The molecule has 1 aromatic rings. The summed E-state index contributed by atoms with van der Waals surface area (Å²) in [5.41, 5.74) is 0.662. The molecular weight excluding hydrogens is 451 g/mol. The molecule has 1 aliphatic heterocycles. The van der Waals surface area contributed by atoms with E-state index in [-0.39, 0.29) is 17.4 Å². The van der Waals surface area contributed by atoms with E-state index in [1.165, 1.54) is 19.3 Å². The summed E-state index contributed by atoms with van der Waals surface area (Å²) in [4.78, 5) is 28.5. The average molecular weight is 478 g/mol. The first kappa shape index (κ1) is 18.0. The molecule has 1 heterocycles. The molecule has 5 fully saturated rings. The third-order valence-electron chi connectivity index (χ3n) is 7.42. The molecule has 5 heteroatoms. The van der Waals surface area contributed by atoms with E-state index < -0.39 is 0 Å². The van der Waals surface area contributed by atoms with Crippen molar-refractivity contribution >= 4 is 40.1 Å². The summed E-state index contributed by atoms with van der Waals surface area (Å²) in [5, 5.41) is 3.03. The maximum atomic E-state index is 13.7. The van der Waals surface area contributed by atoms with Crippen molar-refractivity contribution in [2.45, 2.75) is 57.4 Å². The molecule has 1 saturated heterocycles. The van der Waals surface area contributed by atoms with Crippen LogP contribution in [0.1, 0.15) is 51.4 Å². The van der Waals surface area contributed by atoms with Gasteiger partial charge in [0.05, 0.1) is 5.41 Å². The molecule has 4 nitrogen and oxygen atoms in total. The number of anilines is 1. The third-order valence-corrected chi connectivity index (χ3v) is 8.14. The summed E-state index contributed by atoms with van der Waals surface area (Å²) in [6.45, 7) is 0.741. The molecule has 27 heavy (non-hydrogen) atoms. The Kier molecular flexibility index (Phi) is 4.49. The van der Waals surface area contributed by atoms with Crippen LogP contribution in [0.4, 0.5) is 5.69 Å². The van der Waals surface area contributed by atoms with Crippen molar-refractivity contribution in [3.63, 3.8) is 0 Å². The van der Waals surface area contributed by atoms with Crippen LogP contribution in [0.2, 0.25) is 0 Å².